The average Bonchev–Trinajstić information content (AvgIpc) is 3.59. The number of hydrogen-bond acceptors (Lipinski definition) is 1. The lowest BCUT2D eigenvalue weighted by atomic mass is 9.66. The van der Waals surface area contributed by atoms with Crippen molar-refractivity contribution in [3.63, 3.8) is 0 Å². The zero-order valence-electron chi connectivity index (χ0n) is 31.2. The fraction of sp³-hybridized carbons (Fsp3) is 0.0545. The number of hydrogen-bond donors (Lipinski definition) is 0. The van der Waals surface area contributed by atoms with Gasteiger partial charge in [0.2, 0.25) is 0 Å². The minimum atomic E-state index is -0.350. The Morgan fingerprint density at radius 1 is 0.357 bits per heavy atom. The fourth-order valence-corrected chi connectivity index (χ4v) is 8.97. The van der Waals surface area contributed by atoms with Gasteiger partial charge in [-0.15, -0.1) is 0 Å². The molecule has 8 aromatic carbocycles. The number of anilines is 3. The van der Waals surface area contributed by atoms with Gasteiger partial charge < -0.3 is 4.90 Å². The van der Waals surface area contributed by atoms with E-state index in [1.54, 1.807) is 0 Å². The van der Waals surface area contributed by atoms with E-state index in [-0.39, 0.29) is 5.41 Å². The molecule has 1 heteroatoms. The molecule has 0 bridgehead atoms. The van der Waals surface area contributed by atoms with Crippen molar-refractivity contribution in [2.24, 2.45) is 0 Å². The van der Waals surface area contributed by atoms with Crippen molar-refractivity contribution in [1.82, 2.24) is 0 Å². The van der Waals surface area contributed by atoms with Gasteiger partial charge in [0.1, 0.15) is 0 Å². The van der Waals surface area contributed by atoms with E-state index in [1.807, 2.05) is 0 Å². The Morgan fingerprint density at radius 2 is 0.875 bits per heavy atom. The number of fused-ring (bicyclic) bond motifs is 3. The van der Waals surface area contributed by atoms with Crippen LogP contribution >= 0.6 is 0 Å². The normalized spacial score (nSPS) is 15.5. The zero-order valence-corrected chi connectivity index (χ0v) is 31.2. The summed E-state index contributed by atoms with van der Waals surface area (Å²) in [6.45, 7) is 0. The van der Waals surface area contributed by atoms with Gasteiger partial charge in [-0.05, 0) is 122 Å². The quantitative estimate of drug-likeness (QED) is 0.151. The lowest BCUT2D eigenvalue weighted by molar-refractivity contribution is 0.751. The van der Waals surface area contributed by atoms with Crippen molar-refractivity contribution in [2.75, 3.05) is 4.90 Å². The van der Waals surface area contributed by atoms with Gasteiger partial charge in [0.25, 0.3) is 0 Å². The first-order valence-electron chi connectivity index (χ1n) is 19.7. The van der Waals surface area contributed by atoms with Crippen molar-refractivity contribution >= 4 is 17.1 Å². The summed E-state index contributed by atoms with van der Waals surface area (Å²) in [5.41, 5.74) is 18.2. The molecule has 0 fully saturated rings. The molecule has 0 spiro atoms. The molecule has 0 saturated heterocycles. The van der Waals surface area contributed by atoms with Crippen molar-refractivity contribution < 1.29 is 0 Å². The van der Waals surface area contributed by atoms with Gasteiger partial charge in [-0.1, -0.05) is 182 Å². The van der Waals surface area contributed by atoms with Crippen LogP contribution in [0.25, 0.3) is 44.5 Å². The third kappa shape index (κ3) is 5.81. The topological polar surface area (TPSA) is 3.24 Å². The van der Waals surface area contributed by atoms with E-state index in [0.717, 1.165) is 29.9 Å². The Bertz CT molecular complexity index is 2710. The Morgan fingerprint density at radius 3 is 1.54 bits per heavy atom. The molecule has 0 heterocycles. The lowest BCUT2D eigenvalue weighted by Gasteiger charge is -2.35. The van der Waals surface area contributed by atoms with E-state index >= 15 is 0 Å². The van der Waals surface area contributed by atoms with Crippen molar-refractivity contribution in [1.29, 1.82) is 0 Å². The van der Waals surface area contributed by atoms with Gasteiger partial charge in [-0.25, -0.2) is 0 Å². The van der Waals surface area contributed by atoms with Gasteiger partial charge in [-0.3, -0.25) is 0 Å². The molecule has 56 heavy (non-hydrogen) atoms. The third-order valence-electron chi connectivity index (χ3n) is 11.6. The van der Waals surface area contributed by atoms with Crippen molar-refractivity contribution in [3.8, 4) is 44.5 Å². The highest BCUT2D eigenvalue weighted by molar-refractivity contribution is 5.90. The lowest BCUT2D eigenvalue weighted by Crippen LogP contribution is -2.29. The summed E-state index contributed by atoms with van der Waals surface area (Å²) in [7, 11) is 0. The van der Waals surface area contributed by atoms with Crippen LogP contribution in [0.1, 0.15) is 29.5 Å². The Hall–Kier alpha value is -6.96. The maximum atomic E-state index is 2.46. The summed E-state index contributed by atoms with van der Waals surface area (Å²) in [4.78, 5) is 2.36. The molecule has 0 N–H and O–H groups in total. The van der Waals surface area contributed by atoms with E-state index < -0.39 is 0 Å². The predicted molar refractivity (Wildman–Crippen MR) is 236 cm³/mol. The second-order valence-corrected chi connectivity index (χ2v) is 14.8. The van der Waals surface area contributed by atoms with Crippen LogP contribution in [0.5, 0.6) is 0 Å². The molecule has 0 radical (unpaired) electrons. The minimum absolute atomic E-state index is 0.350. The molecule has 10 rings (SSSR count). The smallest absolute Gasteiger partial charge is 0.0710 e. The molecule has 1 unspecified atom stereocenters. The number of rotatable bonds is 8. The van der Waals surface area contributed by atoms with Crippen LogP contribution in [0, 0.1) is 0 Å². The molecule has 0 saturated carbocycles. The summed E-state index contributed by atoms with van der Waals surface area (Å²) in [6, 6.07) is 75.3. The molecule has 2 aliphatic rings. The maximum absolute atomic E-state index is 2.46. The minimum Gasteiger partial charge on any atom is -0.310 e. The summed E-state index contributed by atoms with van der Waals surface area (Å²) < 4.78 is 0. The van der Waals surface area contributed by atoms with E-state index in [4.69, 9.17) is 0 Å². The number of nitrogens with zero attached hydrogens (tertiary/aromatic N) is 1. The van der Waals surface area contributed by atoms with Crippen LogP contribution in [0.4, 0.5) is 17.1 Å². The summed E-state index contributed by atoms with van der Waals surface area (Å²) in [5.74, 6) is 0. The molecule has 266 valence electrons. The van der Waals surface area contributed by atoms with E-state index in [2.05, 4.69) is 229 Å². The predicted octanol–water partition coefficient (Wildman–Crippen LogP) is 14.7. The summed E-state index contributed by atoms with van der Waals surface area (Å²) >= 11 is 0. The highest BCUT2D eigenvalue weighted by Crippen LogP contribution is 2.57. The van der Waals surface area contributed by atoms with Gasteiger partial charge in [0, 0.05) is 17.1 Å². The van der Waals surface area contributed by atoms with Crippen molar-refractivity contribution in [3.05, 3.63) is 247 Å². The Balaban J connectivity index is 1.06. The molecule has 0 aliphatic heterocycles. The van der Waals surface area contributed by atoms with Crippen LogP contribution in [0.3, 0.4) is 0 Å². The van der Waals surface area contributed by atoms with Crippen molar-refractivity contribution in [2.45, 2.75) is 18.3 Å². The van der Waals surface area contributed by atoms with Gasteiger partial charge >= 0.3 is 0 Å². The maximum Gasteiger partial charge on any atom is 0.0710 e. The molecule has 2 aliphatic carbocycles. The zero-order chi connectivity index (χ0) is 37.3. The van der Waals surface area contributed by atoms with Gasteiger partial charge in [-0.2, -0.15) is 0 Å². The Labute approximate surface area is 330 Å². The molecular weight excluding hydrogens is 675 g/mol. The summed E-state index contributed by atoms with van der Waals surface area (Å²) in [6.07, 6.45) is 9.32. The molecule has 8 aromatic rings. The fourth-order valence-electron chi connectivity index (χ4n) is 8.97. The number of allylic oxidation sites excluding steroid dienone is 4. The molecule has 0 aromatic heterocycles. The molecule has 1 atom stereocenters. The molecule has 0 amide bonds. The monoisotopic (exact) mass is 715 g/mol. The first-order chi connectivity index (χ1) is 27.8. The van der Waals surface area contributed by atoms with Gasteiger partial charge in [0.15, 0.2) is 0 Å². The van der Waals surface area contributed by atoms with Crippen LogP contribution in [-0.2, 0) is 5.41 Å². The highest BCUT2D eigenvalue weighted by atomic mass is 15.1. The third-order valence-corrected chi connectivity index (χ3v) is 11.6. The Kier molecular flexibility index (Phi) is 8.61. The SMILES string of the molecule is C1=CC(C2(c3ccccc3)c3ccccc3-c3cc(-c4ccc(N(c5ccc(-c6ccccc6)cc5)c5cccc(-c6ccccc6)c5)cc4)ccc32)=CCC1. The van der Waals surface area contributed by atoms with Crippen LogP contribution in [-0.4, -0.2) is 0 Å². The molecular formula is C55H41N. The van der Waals surface area contributed by atoms with Crippen LogP contribution in [0.2, 0.25) is 0 Å². The van der Waals surface area contributed by atoms with Crippen LogP contribution < -0.4 is 4.90 Å². The van der Waals surface area contributed by atoms with E-state index in [1.165, 1.54) is 66.8 Å². The van der Waals surface area contributed by atoms with Gasteiger partial charge in [0.05, 0.1) is 5.41 Å². The van der Waals surface area contributed by atoms with E-state index in [9.17, 15) is 0 Å². The second-order valence-electron chi connectivity index (χ2n) is 14.8. The second kappa shape index (κ2) is 14.4. The van der Waals surface area contributed by atoms with E-state index in [0.29, 0.717) is 0 Å². The largest absolute Gasteiger partial charge is 0.310 e. The average molecular weight is 716 g/mol. The highest BCUT2D eigenvalue weighted by Gasteiger charge is 2.46. The summed E-state index contributed by atoms with van der Waals surface area (Å²) in [5, 5.41) is 0. The first kappa shape index (κ1) is 33.6. The standard InChI is InChI=1S/C55H41N/c1-5-16-40(17-6-1)42-28-33-48(34-29-42)56(50-25-15-20-44(38-50)41-18-7-2-8-19-41)49-35-30-43(31-36-49)45-32-37-54-52(39-45)51-26-13-14-27-53(51)55(54,46-21-9-3-10-22-46)47-23-11-4-12-24-47/h1-3,5-11,13-39H,4,12H2. The number of benzene rings is 8. The first-order valence-corrected chi connectivity index (χ1v) is 19.7. The molecule has 1 nitrogen and oxygen atoms in total. The van der Waals surface area contributed by atoms with Crippen LogP contribution in [0.15, 0.2) is 230 Å².